The van der Waals surface area contributed by atoms with Crippen molar-refractivity contribution in [2.24, 2.45) is 10.9 Å². The van der Waals surface area contributed by atoms with E-state index in [1.165, 1.54) is 32.1 Å². The molecule has 1 heterocycles. The van der Waals surface area contributed by atoms with E-state index < -0.39 is 0 Å². The SMILES string of the molecule is CCCCCCCCOc1cccnc1/C(N)=N/O. The van der Waals surface area contributed by atoms with Gasteiger partial charge in [0.25, 0.3) is 0 Å². The summed E-state index contributed by atoms with van der Waals surface area (Å²) in [5.41, 5.74) is 5.92. The zero-order valence-corrected chi connectivity index (χ0v) is 11.5. The number of rotatable bonds is 9. The van der Waals surface area contributed by atoms with Crippen LogP contribution in [0.25, 0.3) is 0 Å². The third kappa shape index (κ3) is 5.59. The Kier molecular flexibility index (Phi) is 7.39. The Balaban J connectivity index is 2.33. The second kappa shape index (κ2) is 9.19. The average molecular weight is 265 g/mol. The van der Waals surface area contributed by atoms with Gasteiger partial charge in [-0.05, 0) is 18.6 Å². The molecule has 0 saturated heterocycles. The van der Waals surface area contributed by atoms with Crippen molar-refractivity contribution in [2.75, 3.05) is 6.61 Å². The molecule has 5 nitrogen and oxygen atoms in total. The van der Waals surface area contributed by atoms with Crippen molar-refractivity contribution < 1.29 is 9.94 Å². The molecule has 0 aromatic carbocycles. The molecule has 0 bridgehead atoms. The van der Waals surface area contributed by atoms with Crippen LogP contribution in [0.5, 0.6) is 5.75 Å². The highest BCUT2D eigenvalue weighted by molar-refractivity contribution is 5.97. The molecule has 0 amide bonds. The van der Waals surface area contributed by atoms with Crippen LogP contribution >= 0.6 is 0 Å². The molecule has 3 N–H and O–H groups in total. The number of pyridine rings is 1. The zero-order chi connectivity index (χ0) is 13.9. The molecule has 0 aliphatic heterocycles. The van der Waals surface area contributed by atoms with Crippen LogP contribution in [0, 0.1) is 0 Å². The number of nitrogens with two attached hydrogens (primary N) is 1. The normalized spacial score (nSPS) is 11.5. The van der Waals surface area contributed by atoms with Crippen LogP contribution in [0.1, 0.15) is 51.1 Å². The summed E-state index contributed by atoms with van der Waals surface area (Å²) < 4.78 is 5.63. The van der Waals surface area contributed by atoms with Crippen LogP contribution in [-0.2, 0) is 0 Å². The van der Waals surface area contributed by atoms with E-state index in [0.717, 1.165) is 6.42 Å². The number of unbranched alkanes of at least 4 members (excludes halogenated alkanes) is 5. The monoisotopic (exact) mass is 265 g/mol. The number of hydrogen-bond donors (Lipinski definition) is 2. The Morgan fingerprint density at radius 1 is 1.32 bits per heavy atom. The first kappa shape index (κ1) is 15.3. The lowest BCUT2D eigenvalue weighted by Gasteiger charge is -2.09. The predicted molar refractivity (Wildman–Crippen MR) is 75.6 cm³/mol. The Hall–Kier alpha value is -1.78. The summed E-state index contributed by atoms with van der Waals surface area (Å²) in [5, 5.41) is 11.6. The molecule has 1 aromatic heterocycles. The van der Waals surface area contributed by atoms with Crippen LogP contribution in [0.15, 0.2) is 23.5 Å². The van der Waals surface area contributed by atoms with Crippen LogP contribution in [0.4, 0.5) is 0 Å². The quantitative estimate of drug-likeness (QED) is 0.236. The molecule has 0 radical (unpaired) electrons. The number of nitrogens with zero attached hydrogens (tertiary/aromatic N) is 2. The van der Waals surface area contributed by atoms with E-state index in [0.29, 0.717) is 18.1 Å². The highest BCUT2D eigenvalue weighted by Crippen LogP contribution is 2.15. The lowest BCUT2D eigenvalue weighted by atomic mass is 10.1. The number of hydrogen-bond acceptors (Lipinski definition) is 4. The smallest absolute Gasteiger partial charge is 0.192 e. The standard InChI is InChI=1S/C14H23N3O2/c1-2-3-4-5-6-7-11-19-12-9-8-10-16-13(12)14(15)17-18/h8-10,18H,2-7,11H2,1H3,(H2,15,17). The largest absolute Gasteiger partial charge is 0.491 e. The summed E-state index contributed by atoms with van der Waals surface area (Å²) in [6.45, 7) is 2.84. The van der Waals surface area contributed by atoms with Gasteiger partial charge in [0.05, 0.1) is 6.61 Å². The fraction of sp³-hybridized carbons (Fsp3) is 0.571. The van der Waals surface area contributed by atoms with Crippen molar-refractivity contribution in [1.29, 1.82) is 0 Å². The number of ether oxygens (including phenoxy) is 1. The molecule has 1 rings (SSSR count). The maximum Gasteiger partial charge on any atom is 0.192 e. The summed E-state index contributed by atoms with van der Waals surface area (Å²) in [6.07, 6.45) is 8.86. The van der Waals surface area contributed by atoms with E-state index in [2.05, 4.69) is 17.1 Å². The molecule has 0 saturated carbocycles. The molecule has 1 aromatic rings. The fourth-order valence-corrected chi connectivity index (χ4v) is 1.81. The van der Waals surface area contributed by atoms with E-state index in [-0.39, 0.29) is 5.84 Å². The van der Waals surface area contributed by atoms with Gasteiger partial charge in [0.2, 0.25) is 0 Å². The van der Waals surface area contributed by atoms with Gasteiger partial charge in [0.15, 0.2) is 11.5 Å². The Labute approximate surface area is 114 Å². The number of amidine groups is 1. The molecular formula is C14H23N3O2. The molecule has 0 aliphatic rings. The van der Waals surface area contributed by atoms with Gasteiger partial charge < -0.3 is 15.7 Å². The van der Waals surface area contributed by atoms with Gasteiger partial charge in [-0.1, -0.05) is 44.2 Å². The van der Waals surface area contributed by atoms with Gasteiger partial charge in [0.1, 0.15) is 5.75 Å². The van der Waals surface area contributed by atoms with Crippen molar-refractivity contribution >= 4 is 5.84 Å². The van der Waals surface area contributed by atoms with Gasteiger partial charge >= 0.3 is 0 Å². The number of oxime groups is 1. The maximum atomic E-state index is 8.67. The number of aromatic nitrogens is 1. The summed E-state index contributed by atoms with van der Waals surface area (Å²) >= 11 is 0. The molecule has 19 heavy (non-hydrogen) atoms. The van der Waals surface area contributed by atoms with E-state index in [9.17, 15) is 0 Å². The van der Waals surface area contributed by atoms with Crippen molar-refractivity contribution in [1.82, 2.24) is 4.98 Å². The minimum absolute atomic E-state index is 0.0291. The molecule has 0 aliphatic carbocycles. The minimum atomic E-state index is -0.0291. The molecular weight excluding hydrogens is 242 g/mol. The highest BCUT2D eigenvalue weighted by Gasteiger charge is 2.08. The van der Waals surface area contributed by atoms with Crippen molar-refractivity contribution in [3.63, 3.8) is 0 Å². The van der Waals surface area contributed by atoms with Gasteiger partial charge in [-0.25, -0.2) is 4.98 Å². The average Bonchev–Trinajstić information content (AvgIpc) is 2.46. The zero-order valence-electron chi connectivity index (χ0n) is 11.5. The fourth-order valence-electron chi connectivity index (χ4n) is 1.81. The van der Waals surface area contributed by atoms with Crippen LogP contribution in [0.2, 0.25) is 0 Å². The first-order valence-corrected chi connectivity index (χ1v) is 6.85. The summed E-state index contributed by atoms with van der Waals surface area (Å²) in [6, 6.07) is 3.54. The predicted octanol–water partition coefficient (Wildman–Crippen LogP) is 2.92. The second-order valence-electron chi connectivity index (χ2n) is 4.45. The van der Waals surface area contributed by atoms with Gasteiger partial charge in [-0.15, -0.1) is 0 Å². The molecule has 0 atom stereocenters. The Morgan fingerprint density at radius 3 is 2.79 bits per heavy atom. The van der Waals surface area contributed by atoms with Gasteiger partial charge in [-0.3, -0.25) is 0 Å². The topological polar surface area (TPSA) is 80.7 Å². The molecule has 5 heteroatoms. The van der Waals surface area contributed by atoms with Gasteiger partial charge in [-0.2, -0.15) is 0 Å². The third-order valence-electron chi connectivity index (χ3n) is 2.88. The Bertz CT molecular complexity index is 394. The van der Waals surface area contributed by atoms with Crippen LogP contribution in [-0.4, -0.2) is 22.6 Å². The lowest BCUT2D eigenvalue weighted by Crippen LogP contribution is -2.16. The maximum absolute atomic E-state index is 8.67. The summed E-state index contributed by atoms with van der Waals surface area (Å²) in [5.74, 6) is 0.532. The third-order valence-corrected chi connectivity index (χ3v) is 2.88. The summed E-state index contributed by atoms with van der Waals surface area (Å²) in [4.78, 5) is 4.05. The minimum Gasteiger partial charge on any atom is -0.491 e. The van der Waals surface area contributed by atoms with E-state index in [1.54, 1.807) is 18.3 Å². The first-order valence-electron chi connectivity index (χ1n) is 6.85. The molecule has 0 unspecified atom stereocenters. The van der Waals surface area contributed by atoms with E-state index >= 15 is 0 Å². The highest BCUT2D eigenvalue weighted by atomic mass is 16.5. The van der Waals surface area contributed by atoms with E-state index in [1.807, 2.05) is 0 Å². The summed E-state index contributed by atoms with van der Waals surface area (Å²) in [7, 11) is 0. The Morgan fingerprint density at radius 2 is 2.05 bits per heavy atom. The van der Waals surface area contributed by atoms with Crippen LogP contribution in [0.3, 0.4) is 0 Å². The molecule has 0 spiro atoms. The molecule has 0 fully saturated rings. The second-order valence-corrected chi connectivity index (χ2v) is 4.45. The van der Waals surface area contributed by atoms with E-state index in [4.69, 9.17) is 15.7 Å². The van der Waals surface area contributed by atoms with Crippen molar-refractivity contribution in [3.8, 4) is 5.75 Å². The molecule has 106 valence electrons. The lowest BCUT2D eigenvalue weighted by molar-refractivity contribution is 0.300. The van der Waals surface area contributed by atoms with Gasteiger partial charge in [0, 0.05) is 6.20 Å². The van der Waals surface area contributed by atoms with Crippen molar-refractivity contribution in [2.45, 2.75) is 45.4 Å². The van der Waals surface area contributed by atoms with Crippen molar-refractivity contribution in [3.05, 3.63) is 24.0 Å². The van der Waals surface area contributed by atoms with Crippen LogP contribution < -0.4 is 10.5 Å². The first-order chi connectivity index (χ1) is 9.29.